The van der Waals surface area contributed by atoms with E-state index in [1.54, 1.807) is 11.8 Å². The van der Waals surface area contributed by atoms with Crippen LogP contribution in [0.4, 0.5) is 0 Å². The standard InChI is InChI=1S/C25H26N2OS/c1-29-23-15-9-8-14-22(23)25(28)27-18-16-26(17-19-27)24(20-10-4-2-5-11-20)21-12-6-3-7-13-21/h2-15,24H,16-19H2,1H3. The molecule has 29 heavy (non-hydrogen) atoms. The third kappa shape index (κ3) is 4.39. The monoisotopic (exact) mass is 402 g/mol. The van der Waals surface area contributed by atoms with Gasteiger partial charge in [0.25, 0.3) is 5.91 Å². The quantitative estimate of drug-likeness (QED) is 0.564. The molecule has 0 bridgehead atoms. The van der Waals surface area contributed by atoms with Gasteiger partial charge in [-0.25, -0.2) is 0 Å². The normalized spacial score (nSPS) is 14.9. The predicted molar refractivity (Wildman–Crippen MR) is 120 cm³/mol. The van der Waals surface area contributed by atoms with Crippen LogP contribution in [0.25, 0.3) is 0 Å². The third-order valence-electron chi connectivity index (χ3n) is 5.53. The molecule has 3 nitrogen and oxygen atoms in total. The number of nitrogens with zero attached hydrogens (tertiary/aromatic N) is 2. The van der Waals surface area contributed by atoms with Crippen molar-refractivity contribution in [2.45, 2.75) is 10.9 Å². The fraction of sp³-hybridized carbons (Fsp3) is 0.240. The minimum Gasteiger partial charge on any atom is -0.336 e. The number of hydrogen-bond acceptors (Lipinski definition) is 3. The molecular formula is C25H26N2OS. The first kappa shape index (κ1) is 19.7. The minimum absolute atomic E-state index is 0.144. The zero-order valence-electron chi connectivity index (χ0n) is 16.7. The van der Waals surface area contributed by atoms with Crippen LogP contribution in [-0.2, 0) is 0 Å². The molecule has 1 aliphatic rings. The summed E-state index contributed by atoms with van der Waals surface area (Å²) in [5.41, 5.74) is 3.41. The first-order valence-electron chi connectivity index (χ1n) is 10.0. The maximum Gasteiger partial charge on any atom is 0.255 e. The van der Waals surface area contributed by atoms with Crippen molar-refractivity contribution in [1.29, 1.82) is 0 Å². The first-order valence-corrected chi connectivity index (χ1v) is 11.3. The average Bonchev–Trinajstić information content (AvgIpc) is 2.81. The third-order valence-corrected chi connectivity index (χ3v) is 6.33. The Labute approximate surface area is 177 Å². The lowest BCUT2D eigenvalue weighted by atomic mass is 9.96. The smallest absolute Gasteiger partial charge is 0.255 e. The second-order valence-electron chi connectivity index (χ2n) is 7.25. The van der Waals surface area contributed by atoms with E-state index in [0.717, 1.165) is 36.6 Å². The van der Waals surface area contributed by atoms with Gasteiger partial charge in [-0.3, -0.25) is 9.69 Å². The van der Waals surface area contributed by atoms with E-state index in [2.05, 4.69) is 65.6 Å². The Morgan fingerprint density at radius 2 is 1.28 bits per heavy atom. The second-order valence-corrected chi connectivity index (χ2v) is 8.10. The Morgan fingerprint density at radius 3 is 1.83 bits per heavy atom. The van der Waals surface area contributed by atoms with Gasteiger partial charge in [-0.1, -0.05) is 72.8 Å². The molecular weight excluding hydrogens is 376 g/mol. The molecule has 0 atom stereocenters. The highest BCUT2D eigenvalue weighted by molar-refractivity contribution is 7.98. The molecule has 148 valence electrons. The van der Waals surface area contributed by atoms with Crippen molar-refractivity contribution in [1.82, 2.24) is 9.80 Å². The number of rotatable bonds is 5. The summed E-state index contributed by atoms with van der Waals surface area (Å²) in [6, 6.07) is 29.4. The average molecular weight is 403 g/mol. The molecule has 4 rings (SSSR count). The number of benzene rings is 3. The molecule has 3 aromatic rings. The number of hydrogen-bond donors (Lipinski definition) is 0. The topological polar surface area (TPSA) is 23.6 Å². The number of amides is 1. The van der Waals surface area contributed by atoms with E-state index in [1.165, 1.54) is 11.1 Å². The van der Waals surface area contributed by atoms with Gasteiger partial charge in [0.05, 0.1) is 11.6 Å². The highest BCUT2D eigenvalue weighted by Gasteiger charge is 2.29. The molecule has 0 N–H and O–H groups in total. The molecule has 3 aromatic carbocycles. The summed E-state index contributed by atoms with van der Waals surface area (Å²) in [6.45, 7) is 3.22. The van der Waals surface area contributed by atoms with Crippen LogP contribution in [0.1, 0.15) is 27.5 Å². The second kappa shape index (κ2) is 9.29. The molecule has 1 heterocycles. The van der Waals surface area contributed by atoms with Crippen molar-refractivity contribution in [3.8, 4) is 0 Å². The molecule has 0 aromatic heterocycles. The van der Waals surface area contributed by atoms with Crippen molar-refractivity contribution >= 4 is 17.7 Å². The zero-order chi connectivity index (χ0) is 20.1. The molecule has 0 spiro atoms. The summed E-state index contributed by atoms with van der Waals surface area (Å²) in [5, 5.41) is 0. The number of piperazine rings is 1. The van der Waals surface area contributed by atoms with Gasteiger partial charge in [-0.15, -0.1) is 11.8 Å². The maximum atomic E-state index is 13.1. The van der Waals surface area contributed by atoms with E-state index in [4.69, 9.17) is 0 Å². The van der Waals surface area contributed by atoms with E-state index in [1.807, 2.05) is 35.4 Å². The van der Waals surface area contributed by atoms with Crippen molar-refractivity contribution < 1.29 is 4.79 Å². The van der Waals surface area contributed by atoms with E-state index >= 15 is 0 Å². The van der Waals surface area contributed by atoms with Gasteiger partial charge in [0.2, 0.25) is 0 Å². The molecule has 4 heteroatoms. The van der Waals surface area contributed by atoms with Crippen LogP contribution in [0, 0.1) is 0 Å². The Kier molecular flexibility index (Phi) is 6.33. The molecule has 1 aliphatic heterocycles. The van der Waals surface area contributed by atoms with Gasteiger partial charge in [0.1, 0.15) is 0 Å². The molecule has 0 radical (unpaired) electrons. The van der Waals surface area contributed by atoms with Crippen LogP contribution in [0.2, 0.25) is 0 Å². The van der Waals surface area contributed by atoms with Crippen molar-refractivity contribution in [2.75, 3.05) is 32.4 Å². The Hall–Kier alpha value is -2.56. The van der Waals surface area contributed by atoms with Crippen molar-refractivity contribution in [3.05, 3.63) is 102 Å². The Bertz CT molecular complexity index is 898. The Balaban J connectivity index is 1.52. The first-order chi connectivity index (χ1) is 14.3. The van der Waals surface area contributed by atoms with Gasteiger partial charge in [0.15, 0.2) is 0 Å². The van der Waals surface area contributed by atoms with Crippen molar-refractivity contribution in [3.63, 3.8) is 0 Å². The van der Waals surface area contributed by atoms with E-state index in [9.17, 15) is 4.79 Å². The summed E-state index contributed by atoms with van der Waals surface area (Å²) in [7, 11) is 0. The summed E-state index contributed by atoms with van der Waals surface area (Å²) in [6.07, 6.45) is 2.02. The predicted octanol–water partition coefficient (Wildman–Crippen LogP) is 4.96. The SMILES string of the molecule is CSc1ccccc1C(=O)N1CCN(C(c2ccccc2)c2ccccc2)CC1. The fourth-order valence-electron chi connectivity index (χ4n) is 4.06. The van der Waals surface area contributed by atoms with E-state index in [-0.39, 0.29) is 11.9 Å². The van der Waals surface area contributed by atoms with Crippen molar-refractivity contribution in [2.24, 2.45) is 0 Å². The molecule has 1 saturated heterocycles. The lowest BCUT2D eigenvalue weighted by molar-refractivity contribution is 0.0594. The zero-order valence-corrected chi connectivity index (χ0v) is 17.5. The van der Waals surface area contributed by atoms with Crippen LogP contribution < -0.4 is 0 Å². The highest BCUT2D eigenvalue weighted by atomic mass is 32.2. The molecule has 1 amide bonds. The fourth-order valence-corrected chi connectivity index (χ4v) is 4.65. The van der Waals surface area contributed by atoms with Gasteiger partial charge < -0.3 is 4.90 Å². The number of carbonyl (C=O) groups is 1. The highest BCUT2D eigenvalue weighted by Crippen LogP contribution is 2.30. The molecule has 1 fully saturated rings. The van der Waals surface area contributed by atoms with Gasteiger partial charge in [-0.2, -0.15) is 0 Å². The number of carbonyl (C=O) groups excluding carboxylic acids is 1. The molecule has 0 unspecified atom stereocenters. The number of thioether (sulfide) groups is 1. The van der Waals surface area contributed by atoms with E-state index in [0.29, 0.717) is 0 Å². The lowest BCUT2D eigenvalue weighted by Gasteiger charge is -2.40. The largest absolute Gasteiger partial charge is 0.336 e. The molecule has 0 aliphatic carbocycles. The summed E-state index contributed by atoms with van der Waals surface area (Å²) in [4.78, 5) is 18.6. The van der Waals surface area contributed by atoms with Crippen LogP contribution in [-0.4, -0.2) is 48.1 Å². The van der Waals surface area contributed by atoms with Crippen LogP contribution >= 0.6 is 11.8 Å². The van der Waals surface area contributed by atoms with Crippen LogP contribution in [0.3, 0.4) is 0 Å². The van der Waals surface area contributed by atoms with Gasteiger partial charge >= 0.3 is 0 Å². The lowest BCUT2D eigenvalue weighted by Crippen LogP contribution is -2.50. The van der Waals surface area contributed by atoms with Crippen LogP contribution in [0.15, 0.2) is 89.8 Å². The Morgan fingerprint density at radius 1 is 0.759 bits per heavy atom. The summed E-state index contributed by atoms with van der Waals surface area (Å²) in [5.74, 6) is 0.144. The molecule has 0 saturated carbocycles. The van der Waals surface area contributed by atoms with Gasteiger partial charge in [0, 0.05) is 31.1 Å². The maximum absolute atomic E-state index is 13.1. The van der Waals surface area contributed by atoms with E-state index < -0.39 is 0 Å². The van der Waals surface area contributed by atoms with Gasteiger partial charge in [-0.05, 0) is 29.5 Å². The minimum atomic E-state index is 0.144. The van der Waals surface area contributed by atoms with Crippen LogP contribution in [0.5, 0.6) is 0 Å². The summed E-state index contributed by atoms with van der Waals surface area (Å²) >= 11 is 1.63. The summed E-state index contributed by atoms with van der Waals surface area (Å²) < 4.78 is 0.